The standard InChI is InChI=1S/C26H22N8O/c1-15-6-5-9-29-21(15)14-35-26-32-24-22(20-10-16(2)30-17(3)11-20)23(31-25(28)34(24)33-26)19-8-4-7-18(12-19)13-27/h4-12H,14H2,1-3H3,(H2,28,31). The lowest BCUT2D eigenvalue weighted by Crippen LogP contribution is -2.06. The van der Waals surface area contributed by atoms with Crippen LogP contribution in [0, 0.1) is 32.1 Å². The van der Waals surface area contributed by atoms with Gasteiger partial charge in [-0.05, 0) is 62.2 Å². The molecule has 4 heterocycles. The highest BCUT2D eigenvalue weighted by atomic mass is 16.5. The maximum atomic E-state index is 9.42. The van der Waals surface area contributed by atoms with Crippen molar-refractivity contribution >= 4 is 11.6 Å². The average molecular weight is 463 g/mol. The molecule has 0 aliphatic heterocycles. The summed E-state index contributed by atoms with van der Waals surface area (Å²) < 4.78 is 7.36. The number of aryl methyl sites for hydroxylation is 3. The predicted molar refractivity (Wildman–Crippen MR) is 131 cm³/mol. The Morgan fingerprint density at radius 1 is 0.971 bits per heavy atom. The highest BCUT2D eigenvalue weighted by Crippen LogP contribution is 2.36. The fourth-order valence-corrected chi connectivity index (χ4v) is 3.99. The quantitative estimate of drug-likeness (QED) is 0.411. The van der Waals surface area contributed by atoms with E-state index in [-0.39, 0.29) is 18.6 Å². The topological polar surface area (TPSA) is 128 Å². The molecule has 0 aliphatic carbocycles. The lowest BCUT2D eigenvalue weighted by Gasteiger charge is -2.13. The van der Waals surface area contributed by atoms with Gasteiger partial charge in [0.15, 0.2) is 5.65 Å². The summed E-state index contributed by atoms with van der Waals surface area (Å²) in [4.78, 5) is 18.2. The molecule has 9 nitrogen and oxygen atoms in total. The number of hydrogen-bond acceptors (Lipinski definition) is 8. The number of pyridine rings is 2. The minimum absolute atomic E-state index is 0.153. The molecule has 35 heavy (non-hydrogen) atoms. The molecule has 5 aromatic rings. The van der Waals surface area contributed by atoms with Crippen LogP contribution in [0.15, 0.2) is 54.7 Å². The molecule has 0 aliphatic rings. The third-order valence-corrected chi connectivity index (χ3v) is 5.58. The van der Waals surface area contributed by atoms with E-state index in [0.717, 1.165) is 39.3 Å². The summed E-state index contributed by atoms with van der Waals surface area (Å²) in [5.74, 6) is 0.153. The van der Waals surface area contributed by atoms with Gasteiger partial charge in [0.05, 0.1) is 28.6 Å². The largest absolute Gasteiger partial charge is 0.456 e. The smallest absolute Gasteiger partial charge is 0.336 e. The zero-order chi connectivity index (χ0) is 24.5. The number of nitriles is 1. The van der Waals surface area contributed by atoms with E-state index in [0.29, 0.717) is 16.9 Å². The molecule has 172 valence electrons. The Balaban J connectivity index is 1.70. The van der Waals surface area contributed by atoms with E-state index in [1.807, 2.05) is 57.2 Å². The Kier molecular flexibility index (Phi) is 5.55. The number of hydrogen-bond donors (Lipinski definition) is 1. The second kappa shape index (κ2) is 8.83. The molecule has 0 saturated carbocycles. The number of benzene rings is 1. The van der Waals surface area contributed by atoms with Crippen molar-refractivity contribution in [3.8, 4) is 34.5 Å². The summed E-state index contributed by atoms with van der Waals surface area (Å²) in [6.07, 6.45) is 1.72. The average Bonchev–Trinajstić information content (AvgIpc) is 3.27. The van der Waals surface area contributed by atoms with E-state index in [1.54, 1.807) is 18.3 Å². The number of anilines is 1. The monoisotopic (exact) mass is 462 g/mol. The highest BCUT2D eigenvalue weighted by Gasteiger charge is 2.21. The fourth-order valence-electron chi connectivity index (χ4n) is 3.99. The van der Waals surface area contributed by atoms with Crippen molar-refractivity contribution < 1.29 is 4.74 Å². The summed E-state index contributed by atoms with van der Waals surface area (Å²) in [5, 5.41) is 13.9. The Bertz CT molecular complexity index is 1600. The lowest BCUT2D eigenvalue weighted by atomic mass is 9.98. The number of nitrogen functional groups attached to an aromatic ring is 1. The SMILES string of the molecule is Cc1cc(-c2c(-c3cccc(C#N)c3)nc(N)n3nc(OCc4ncccc4C)nc23)cc(C)n1. The maximum Gasteiger partial charge on any atom is 0.336 e. The van der Waals surface area contributed by atoms with Crippen LogP contribution in [0.1, 0.15) is 28.2 Å². The number of aromatic nitrogens is 6. The van der Waals surface area contributed by atoms with Gasteiger partial charge < -0.3 is 10.5 Å². The summed E-state index contributed by atoms with van der Waals surface area (Å²) in [6, 6.07) is 17.3. The van der Waals surface area contributed by atoms with Gasteiger partial charge in [0, 0.05) is 23.1 Å². The van der Waals surface area contributed by atoms with Gasteiger partial charge in [-0.2, -0.15) is 14.8 Å². The van der Waals surface area contributed by atoms with E-state index in [2.05, 4.69) is 31.1 Å². The zero-order valence-corrected chi connectivity index (χ0v) is 19.5. The van der Waals surface area contributed by atoms with Gasteiger partial charge in [-0.15, -0.1) is 5.10 Å². The Hall–Kier alpha value is -4.84. The van der Waals surface area contributed by atoms with Crippen LogP contribution in [0.4, 0.5) is 5.95 Å². The normalized spacial score (nSPS) is 10.9. The first-order chi connectivity index (χ1) is 16.9. The van der Waals surface area contributed by atoms with Gasteiger partial charge in [0.2, 0.25) is 5.95 Å². The molecule has 0 amide bonds. The van der Waals surface area contributed by atoms with Gasteiger partial charge in [0.1, 0.15) is 6.61 Å². The summed E-state index contributed by atoms with van der Waals surface area (Å²) in [7, 11) is 0. The van der Waals surface area contributed by atoms with E-state index >= 15 is 0 Å². The Morgan fingerprint density at radius 3 is 2.51 bits per heavy atom. The zero-order valence-electron chi connectivity index (χ0n) is 19.5. The summed E-state index contributed by atoms with van der Waals surface area (Å²) >= 11 is 0. The fraction of sp³-hybridized carbons (Fsp3) is 0.154. The van der Waals surface area contributed by atoms with Gasteiger partial charge in [-0.25, -0.2) is 4.98 Å². The van der Waals surface area contributed by atoms with E-state index in [1.165, 1.54) is 4.52 Å². The number of fused-ring (bicyclic) bond motifs is 1. The second-order valence-electron chi connectivity index (χ2n) is 8.21. The van der Waals surface area contributed by atoms with Crippen molar-refractivity contribution in [1.82, 2.24) is 29.5 Å². The van der Waals surface area contributed by atoms with Crippen LogP contribution >= 0.6 is 0 Å². The predicted octanol–water partition coefficient (Wildman–Crippen LogP) is 4.21. The summed E-state index contributed by atoms with van der Waals surface area (Å²) in [5.41, 5.74) is 13.8. The molecule has 0 saturated heterocycles. The minimum atomic E-state index is 0.153. The van der Waals surface area contributed by atoms with Gasteiger partial charge in [-0.1, -0.05) is 18.2 Å². The number of nitrogens with zero attached hydrogens (tertiary/aromatic N) is 7. The van der Waals surface area contributed by atoms with E-state index in [4.69, 9.17) is 10.5 Å². The molecule has 1 aromatic carbocycles. The molecule has 9 heteroatoms. The molecule has 0 bridgehead atoms. The molecule has 5 rings (SSSR count). The summed E-state index contributed by atoms with van der Waals surface area (Å²) in [6.45, 7) is 6.05. The molecule has 4 aromatic heterocycles. The second-order valence-corrected chi connectivity index (χ2v) is 8.21. The minimum Gasteiger partial charge on any atom is -0.456 e. The number of ether oxygens (including phenoxy) is 1. The van der Waals surface area contributed by atoms with Crippen molar-refractivity contribution in [2.24, 2.45) is 0 Å². The van der Waals surface area contributed by atoms with Crippen molar-refractivity contribution in [3.63, 3.8) is 0 Å². The van der Waals surface area contributed by atoms with Crippen molar-refractivity contribution in [2.75, 3.05) is 5.73 Å². The third kappa shape index (κ3) is 4.25. The van der Waals surface area contributed by atoms with E-state index in [9.17, 15) is 5.26 Å². The van der Waals surface area contributed by atoms with Crippen LogP contribution in [0.25, 0.3) is 28.0 Å². The van der Waals surface area contributed by atoms with Crippen LogP contribution < -0.4 is 10.5 Å². The van der Waals surface area contributed by atoms with Crippen LogP contribution in [0.5, 0.6) is 6.01 Å². The number of nitrogens with two attached hydrogens (primary N) is 1. The first kappa shape index (κ1) is 22.0. The van der Waals surface area contributed by atoms with Crippen LogP contribution in [0.3, 0.4) is 0 Å². The molecule has 2 N–H and O–H groups in total. The highest BCUT2D eigenvalue weighted by molar-refractivity contribution is 5.91. The maximum absolute atomic E-state index is 9.42. The van der Waals surface area contributed by atoms with Crippen LogP contribution in [-0.2, 0) is 6.61 Å². The molecule has 0 fully saturated rings. The molecular weight excluding hydrogens is 440 g/mol. The third-order valence-electron chi connectivity index (χ3n) is 5.58. The first-order valence-electron chi connectivity index (χ1n) is 11.0. The van der Waals surface area contributed by atoms with Crippen LogP contribution in [-0.4, -0.2) is 29.5 Å². The molecule has 0 radical (unpaired) electrons. The number of rotatable bonds is 5. The van der Waals surface area contributed by atoms with Crippen LogP contribution in [0.2, 0.25) is 0 Å². The molecule has 0 atom stereocenters. The van der Waals surface area contributed by atoms with Gasteiger partial charge in [-0.3, -0.25) is 9.97 Å². The van der Waals surface area contributed by atoms with Gasteiger partial charge >= 0.3 is 6.01 Å². The van der Waals surface area contributed by atoms with Crippen molar-refractivity contribution in [3.05, 3.63) is 82.9 Å². The van der Waals surface area contributed by atoms with Gasteiger partial charge in [0.25, 0.3) is 0 Å². The molecule has 0 unspecified atom stereocenters. The molecule has 0 spiro atoms. The lowest BCUT2D eigenvalue weighted by molar-refractivity contribution is 0.276. The Morgan fingerprint density at radius 2 is 1.77 bits per heavy atom. The van der Waals surface area contributed by atoms with Crippen molar-refractivity contribution in [1.29, 1.82) is 5.26 Å². The molecular formula is C26H22N8O. The first-order valence-corrected chi connectivity index (χ1v) is 11.0. The Labute approximate surface area is 201 Å². The van der Waals surface area contributed by atoms with E-state index < -0.39 is 0 Å². The van der Waals surface area contributed by atoms with Crippen molar-refractivity contribution in [2.45, 2.75) is 27.4 Å².